The van der Waals surface area contributed by atoms with Crippen LogP contribution in [0.4, 0.5) is 0 Å². The fraction of sp³-hybridized carbons (Fsp3) is 0.524. The van der Waals surface area contributed by atoms with Gasteiger partial charge in [-0.25, -0.2) is 0 Å². The Morgan fingerprint density at radius 1 is 1.37 bits per heavy atom. The normalized spacial score (nSPS) is 25.9. The van der Waals surface area contributed by atoms with Crippen LogP contribution < -0.4 is 4.74 Å². The van der Waals surface area contributed by atoms with Gasteiger partial charge in [0.05, 0.1) is 6.10 Å². The summed E-state index contributed by atoms with van der Waals surface area (Å²) in [6.45, 7) is 1.65. The lowest BCUT2D eigenvalue weighted by Gasteiger charge is -2.20. The summed E-state index contributed by atoms with van der Waals surface area (Å²) >= 11 is 0. The summed E-state index contributed by atoms with van der Waals surface area (Å²) in [5.41, 5.74) is 2.23. The molecule has 1 aliphatic heterocycles. The van der Waals surface area contributed by atoms with Gasteiger partial charge in [0.25, 0.3) is 0 Å². The van der Waals surface area contributed by atoms with Gasteiger partial charge in [0, 0.05) is 44.3 Å². The van der Waals surface area contributed by atoms with E-state index in [-0.39, 0.29) is 43.0 Å². The van der Waals surface area contributed by atoms with Crippen molar-refractivity contribution in [1.29, 1.82) is 0 Å². The second-order valence-corrected chi connectivity index (χ2v) is 7.08. The van der Waals surface area contributed by atoms with Crippen molar-refractivity contribution in [3.05, 3.63) is 41.5 Å². The Morgan fingerprint density at radius 2 is 2.19 bits per heavy atom. The summed E-state index contributed by atoms with van der Waals surface area (Å²) in [5.74, 6) is 0.170. The molecule has 1 aromatic rings. The molecule has 0 amide bonds. The van der Waals surface area contributed by atoms with Crippen LogP contribution in [0.1, 0.15) is 43.2 Å². The van der Waals surface area contributed by atoms with E-state index < -0.39 is 5.97 Å². The van der Waals surface area contributed by atoms with Gasteiger partial charge >= 0.3 is 11.9 Å². The Kier molecular flexibility index (Phi) is 6.16. The minimum absolute atomic E-state index is 0.0500. The van der Waals surface area contributed by atoms with Crippen molar-refractivity contribution in [3.8, 4) is 5.75 Å². The molecule has 4 unspecified atom stereocenters. The largest absolute Gasteiger partial charge is 0.489 e. The maximum Gasteiger partial charge on any atom is 0.303 e. The zero-order valence-corrected chi connectivity index (χ0v) is 15.7. The van der Waals surface area contributed by atoms with Crippen molar-refractivity contribution in [2.45, 2.75) is 50.7 Å². The second kappa shape index (κ2) is 8.57. The number of hydrogen-bond acceptors (Lipinski definition) is 5. The fourth-order valence-electron chi connectivity index (χ4n) is 4.21. The first-order chi connectivity index (χ1) is 13.0. The maximum absolute atomic E-state index is 10.9. The third-order valence-corrected chi connectivity index (χ3v) is 5.35. The zero-order chi connectivity index (χ0) is 19.4. The highest BCUT2D eigenvalue weighted by Gasteiger charge is 2.49. The molecule has 1 fully saturated rings. The summed E-state index contributed by atoms with van der Waals surface area (Å²) < 4.78 is 16.9. The lowest BCUT2D eigenvalue weighted by molar-refractivity contribution is -0.140. The smallest absolute Gasteiger partial charge is 0.303 e. The first kappa shape index (κ1) is 19.4. The van der Waals surface area contributed by atoms with E-state index in [9.17, 15) is 9.59 Å². The van der Waals surface area contributed by atoms with Gasteiger partial charge in [-0.3, -0.25) is 9.59 Å². The topological polar surface area (TPSA) is 82.1 Å². The van der Waals surface area contributed by atoms with E-state index in [0.717, 1.165) is 23.3 Å². The molecule has 0 aromatic heterocycles. The van der Waals surface area contributed by atoms with Crippen LogP contribution in [0.3, 0.4) is 0 Å². The molecule has 0 bridgehead atoms. The molecule has 6 nitrogen and oxygen atoms in total. The third kappa shape index (κ3) is 4.33. The van der Waals surface area contributed by atoms with Crippen molar-refractivity contribution >= 4 is 11.9 Å². The first-order valence-corrected chi connectivity index (χ1v) is 9.34. The average molecular weight is 374 g/mol. The van der Waals surface area contributed by atoms with E-state index in [4.69, 9.17) is 19.3 Å². The highest BCUT2D eigenvalue weighted by atomic mass is 16.5. The summed E-state index contributed by atoms with van der Waals surface area (Å²) in [7, 11) is 1.71. The summed E-state index contributed by atoms with van der Waals surface area (Å²) in [6, 6.07) is 6.12. The standard InChI is InChI=1S/C21H26O6/c1-13(22)26-11-5-9-15-17(25-2)12-18-20(15)16-8-3-6-14(21(16)27-18)7-4-10-19(23)24/h3,5-6,8-9,15,17-18,20H,4,7,10-12H2,1-2H3,(H,23,24). The van der Waals surface area contributed by atoms with Crippen LogP contribution in [0.5, 0.6) is 5.75 Å². The Labute approximate surface area is 159 Å². The van der Waals surface area contributed by atoms with Gasteiger partial charge in [-0.05, 0) is 18.4 Å². The van der Waals surface area contributed by atoms with Crippen LogP contribution in [-0.2, 0) is 25.5 Å². The van der Waals surface area contributed by atoms with Crippen LogP contribution in [-0.4, -0.2) is 43.0 Å². The quantitative estimate of drug-likeness (QED) is 0.556. The van der Waals surface area contributed by atoms with Crippen LogP contribution >= 0.6 is 0 Å². The highest BCUT2D eigenvalue weighted by Crippen LogP contribution is 2.52. The number of carboxylic acids is 1. The van der Waals surface area contributed by atoms with Crippen molar-refractivity contribution in [1.82, 2.24) is 0 Å². The Balaban J connectivity index is 1.77. The predicted molar refractivity (Wildman–Crippen MR) is 98.8 cm³/mol. The fourth-order valence-corrected chi connectivity index (χ4v) is 4.21. The van der Waals surface area contributed by atoms with Gasteiger partial charge < -0.3 is 19.3 Å². The van der Waals surface area contributed by atoms with E-state index >= 15 is 0 Å². The van der Waals surface area contributed by atoms with Gasteiger partial charge in [-0.15, -0.1) is 0 Å². The Morgan fingerprint density at radius 3 is 2.89 bits per heavy atom. The minimum atomic E-state index is -0.777. The molecule has 0 radical (unpaired) electrons. The molecule has 3 rings (SSSR count). The number of para-hydroxylation sites is 1. The highest BCUT2D eigenvalue weighted by molar-refractivity contribution is 5.66. The third-order valence-electron chi connectivity index (χ3n) is 5.35. The number of methoxy groups -OCH3 is 1. The number of esters is 1. The number of ether oxygens (including phenoxy) is 3. The van der Waals surface area contributed by atoms with Crippen molar-refractivity contribution in [2.24, 2.45) is 5.92 Å². The second-order valence-electron chi connectivity index (χ2n) is 7.08. The lowest BCUT2D eigenvalue weighted by atomic mass is 9.86. The zero-order valence-electron chi connectivity index (χ0n) is 15.7. The number of rotatable bonds is 8. The van der Waals surface area contributed by atoms with Crippen LogP contribution in [0, 0.1) is 5.92 Å². The molecular weight excluding hydrogens is 348 g/mol. The molecule has 1 saturated carbocycles. The number of carbonyl (C=O) groups excluding carboxylic acids is 1. The van der Waals surface area contributed by atoms with Crippen LogP contribution in [0.25, 0.3) is 0 Å². The Bertz CT molecular complexity index is 725. The maximum atomic E-state index is 10.9. The molecule has 4 atom stereocenters. The van der Waals surface area contributed by atoms with Crippen LogP contribution in [0.2, 0.25) is 0 Å². The van der Waals surface area contributed by atoms with Gasteiger partial charge in [0.1, 0.15) is 18.5 Å². The first-order valence-electron chi connectivity index (χ1n) is 9.34. The number of hydrogen-bond donors (Lipinski definition) is 1. The molecule has 6 heteroatoms. The number of carboxylic acid groups (broad SMARTS) is 1. The van der Waals surface area contributed by atoms with Gasteiger partial charge in [0.15, 0.2) is 0 Å². The summed E-state index contributed by atoms with van der Waals surface area (Å²) in [6.07, 6.45) is 6.28. The molecule has 2 aliphatic rings. The molecule has 1 aromatic carbocycles. The number of aryl methyl sites for hydroxylation is 1. The predicted octanol–water partition coefficient (Wildman–Crippen LogP) is 3.09. The van der Waals surface area contributed by atoms with Crippen molar-refractivity contribution in [3.63, 3.8) is 0 Å². The average Bonchev–Trinajstić information content (AvgIpc) is 3.15. The number of carbonyl (C=O) groups is 2. The molecule has 1 N–H and O–H groups in total. The van der Waals surface area contributed by atoms with E-state index in [1.807, 2.05) is 18.2 Å². The molecule has 0 saturated heterocycles. The number of fused-ring (bicyclic) bond motifs is 3. The summed E-state index contributed by atoms with van der Waals surface area (Å²) in [5, 5.41) is 8.86. The van der Waals surface area contributed by atoms with Gasteiger partial charge in [0.2, 0.25) is 0 Å². The van der Waals surface area contributed by atoms with Crippen molar-refractivity contribution < 1.29 is 28.9 Å². The van der Waals surface area contributed by atoms with Crippen LogP contribution in [0.15, 0.2) is 30.4 Å². The summed E-state index contributed by atoms with van der Waals surface area (Å²) in [4.78, 5) is 21.7. The van der Waals surface area contributed by atoms with Gasteiger partial charge in [-0.2, -0.15) is 0 Å². The molecule has 1 heterocycles. The molecule has 0 spiro atoms. The monoisotopic (exact) mass is 374 g/mol. The van der Waals surface area contributed by atoms with E-state index in [1.165, 1.54) is 6.92 Å². The van der Waals surface area contributed by atoms with E-state index in [2.05, 4.69) is 12.1 Å². The number of benzene rings is 1. The molecule has 27 heavy (non-hydrogen) atoms. The van der Waals surface area contributed by atoms with Crippen molar-refractivity contribution in [2.75, 3.05) is 13.7 Å². The minimum Gasteiger partial charge on any atom is -0.489 e. The SMILES string of the molecule is COC1CC2Oc3c(CCCC(=O)O)cccc3C2C1C=CCOC(C)=O. The molecule has 1 aliphatic carbocycles. The lowest BCUT2D eigenvalue weighted by Crippen LogP contribution is -2.18. The Hall–Kier alpha value is -2.34. The molecular formula is C21H26O6. The van der Waals surface area contributed by atoms with E-state index in [0.29, 0.717) is 12.8 Å². The number of aliphatic carboxylic acids is 1. The molecule has 146 valence electrons. The van der Waals surface area contributed by atoms with E-state index in [1.54, 1.807) is 7.11 Å². The van der Waals surface area contributed by atoms with Gasteiger partial charge in [-0.1, -0.05) is 30.4 Å².